The van der Waals surface area contributed by atoms with Gasteiger partial charge in [-0.1, -0.05) is 24.6 Å². The largest absolute Gasteiger partial charge is 0.494 e. The molecular weight excluding hydrogens is 309 g/mol. The molecule has 1 N–H and O–H groups in total. The lowest BCUT2D eigenvalue weighted by Crippen LogP contribution is -2.22. The smallest absolute Gasteiger partial charge is 0.165 e. The van der Waals surface area contributed by atoms with Gasteiger partial charge in [0, 0.05) is 4.88 Å². The van der Waals surface area contributed by atoms with Gasteiger partial charge in [-0.05, 0) is 49.2 Å². The second-order valence-electron chi connectivity index (χ2n) is 4.89. The third-order valence-electron chi connectivity index (χ3n) is 3.27. The molecule has 0 fully saturated rings. The average molecular weight is 328 g/mol. The van der Waals surface area contributed by atoms with Crippen LogP contribution in [0.5, 0.6) is 5.75 Å². The first-order valence-corrected chi connectivity index (χ1v) is 8.09. The highest BCUT2D eigenvalue weighted by molar-refractivity contribution is 7.16. The van der Waals surface area contributed by atoms with Crippen LogP contribution in [0.4, 0.5) is 4.39 Å². The molecule has 2 aromatic rings. The minimum atomic E-state index is -0.351. The summed E-state index contributed by atoms with van der Waals surface area (Å²) in [5.74, 6) is -0.0916. The van der Waals surface area contributed by atoms with Gasteiger partial charge in [-0.2, -0.15) is 0 Å². The predicted octanol–water partition coefficient (Wildman–Crippen LogP) is 4.95. The highest BCUT2D eigenvalue weighted by Gasteiger charge is 2.18. The Morgan fingerprint density at radius 1 is 1.38 bits per heavy atom. The molecule has 2 rings (SSSR count). The molecule has 1 unspecified atom stereocenters. The van der Waals surface area contributed by atoms with E-state index in [0.29, 0.717) is 0 Å². The summed E-state index contributed by atoms with van der Waals surface area (Å²) >= 11 is 7.74. The quantitative estimate of drug-likeness (QED) is 0.810. The maximum Gasteiger partial charge on any atom is 0.165 e. The zero-order valence-electron chi connectivity index (χ0n) is 12.4. The van der Waals surface area contributed by atoms with Crippen molar-refractivity contribution >= 4 is 22.9 Å². The molecule has 0 saturated carbocycles. The SMILES string of the molecule is CCCNC(c1ccc(F)c(OC)c1)c1cc(C)c(Cl)s1. The topological polar surface area (TPSA) is 21.3 Å². The fourth-order valence-electron chi connectivity index (χ4n) is 2.15. The van der Waals surface area contributed by atoms with E-state index in [1.165, 1.54) is 13.2 Å². The van der Waals surface area contributed by atoms with Gasteiger partial charge in [0.1, 0.15) is 0 Å². The minimum absolute atomic E-state index is 0.00403. The van der Waals surface area contributed by atoms with Gasteiger partial charge in [0.25, 0.3) is 0 Å². The normalized spacial score (nSPS) is 12.4. The number of rotatable bonds is 6. The van der Waals surface area contributed by atoms with Crippen molar-refractivity contribution in [3.8, 4) is 5.75 Å². The Kier molecular flexibility index (Phi) is 5.62. The Morgan fingerprint density at radius 2 is 2.14 bits per heavy atom. The fourth-order valence-corrected chi connectivity index (χ4v) is 3.47. The lowest BCUT2D eigenvalue weighted by atomic mass is 10.0. The van der Waals surface area contributed by atoms with Crippen LogP contribution in [-0.4, -0.2) is 13.7 Å². The maximum absolute atomic E-state index is 13.6. The van der Waals surface area contributed by atoms with Crippen LogP contribution >= 0.6 is 22.9 Å². The Hall–Kier alpha value is -1.10. The molecule has 1 aromatic heterocycles. The molecule has 0 saturated heterocycles. The van der Waals surface area contributed by atoms with E-state index in [-0.39, 0.29) is 17.6 Å². The molecule has 0 spiro atoms. The van der Waals surface area contributed by atoms with Crippen LogP contribution in [-0.2, 0) is 0 Å². The molecule has 0 radical (unpaired) electrons. The predicted molar refractivity (Wildman–Crippen MR) is 87.2 cm³/mol. The molecule has 2 nitrogen and oxygen atoms in total. The second kappa shape index (κ2) is 7.25. The third-order valence-corrected chi connectivity index (χ3v) is 4.89. The monoisotopic (exact) mass is 327 g/mol. The van der Waals surface area contributed by atoms with Crippen molar-refractivity contribution in [2.24, 2.45) is 0 Å². The number of nitrogens with one attached hydrogen (secondary N) is 1. The van der Waals surface area contributed by atoms with Gasteiger partial charge < -0.3 is 10.1 Å². The van der Waals surface area contributed by atoms with Crippen molar-refractivity contribution in [3.05, 3.63) is 50.4 Å². The van der Waals surface area contributed by atoms with Gasteiger partial charge in [0.15, 0.2) is 11.6 Å². The van der Waals surface area contributed by atoms with Crippen LogP contribution in [0.3, 0.4) is 0 Å². The highest BCUT2D eigenvalue weighted by atomic mass is 35.5. The third kappa shape index (κ3) is 3.76. The van der Waals surface area contributed by atoms with E-state index in [1.54, 1.807) is 23.5 Å². The number of halogens is 2. The summed E-state index contributed by atoms with van der Waals surface area (Å²) < 4.78 is 19.5. The molecule has 114 valence electrons. The summed E-state index contributed by atoms with van der Waals surface area (Å²) in [7, 11) is 1.48. The standard InChI is InChI=1S/C16H19ClFNOS/c1-4-7-19-15(14-8-10(2)16(17)21-14)11-5-6-12(18)13(9-11)20-3/h5-6,8-9,15,19H,4,7H2,1-3H3. The van der Waals surface area contributed by atoms with Gasteiger partial charge >= 0.3 is 0 Å². The molecule has 5 heteroatoms. The number of methoxy groups -OCH3 is 1. The van der Waals surface area contributed by atoms with Crippen LogP contribution in [0.2, 0.25) is 4.34 Å². The molecule has 0 bridgehead atoms. The fraction of sp³-hybridized carbons (Fsp3) is 0.375. The molecule has 0 aliphatic rings. The van der Waals surface area contributed by atoms with Gasteiger partial charge in [0.05, 0.1) is 17.5 Å². The summed E-state index contributed by atoms with van der Waals surface area (Å²) in [5.41, 5.74) is 2.04. The van der Waals surface area contributed by atoms with Crippen molar-refractivity contribution < 1.29 is 9.13 Å². The molecule has 0 aliphatic carbocycles. The van der Waals surface area contributed by atoms with Gasteiger partial charge in [-0.15, -0.1) is 11.3 Å². The Labute approximate surface area is 133 Å². The van der Waals surface area contributed by atoms with Crippen molar-refractivity contribution in [1.82, 2.24) is 5.32 Å². The number of hydrogen-bond donors (Lipinski definition) is 1. The Bertz CT molecular complexity index is 595. The van der Waals surface area contributed by atoms with E-state index >= 15 is 0 Å². The van der Waals surface area contributed by atoms with Gasteiger partial charge in [-0.3, -0.25) is 0 Å². The molecule has 21 heavy (non-hydrogen) atoms. The highest BCUT2D eigenvalue weighted by Crippen LogP contribution is 2.35. The van der Waals surface area contributed by atoms with Crippen molar-refractivity contribution in [1.29, 1.82) is 0 Å². The Morgan fingerprint density at radius 3 is 2.71 bits per heavy atom. The zero-order valence-corrected chi connectivity index (χ0v) is 13.9. The average Bonchev–Trinajstić information content (AvgIpc) is 2.80. The van der Waals surface area contributed by atoms with E-state index in [9.17, 15) is 4.39 Å². The molecular formula is C16H19ClFNOS. The lowest BCUT2D eigenvalue weighted by Gasteiger charge is -2.18. The van der Waals surface area contributed by atoms with Crippen LogP contribution in [0.15, 0.2) is 24.3 Å². The number of hydrogen-bond acceptors (Lipinski definition) is 3. The molecule has 1 aromatic carbocycles. The summed E-state index contributed by atoms with van der Waals surface area (Å²) in [6, 6.07) is 7.04. The number of benzene rings is 1. The van der Waals surface area contributed by atoms with Crippen molar-refractivity contribution in [2.45, 2.75) is 26.3 Å². The first kappa shape index (κ1) is 16.3. The lowest BCUT2D eigenvalue weighted by molar-refractivity contribution is 0.385. The molecule has 0 aliphatic heterocycles. The van der Waals surface area contributed by atoms with Crippen LogP contribution in [0, 0.1) is 12.7 Å². The number of aryl methyl sites for hydroxylation is 1. The Balaban J connectivity index is 2.39. The summed E-state index contributed by atoms with van der Waals surface area (Å²) in [5, 5.41) is 3.49. The molecule has 1 heterocycles. The van der Waals surface area contributed by atoms with Gasteiger partial charge in [0.2, 0.25) is 0 Å². The van der Waals surface area contributed by atoms with E-state index in [0.717, 1.165) is 33.3 Å². The van der Waals surface area contributed by atoms with Gasteiger partial charge in [-0.25, -0.2) is 4.39 Å². The van der Waals surface area contributed by atoms with E-state index in [2.05, 4.69) is 18.3 Å². The number of ether oxygens (including phenoxy) is 1. The maximum atomic E-state index is 13.6. The molecule has 0 amide bonds. The molecule has 1 atom stereocenters. The summed E-state index contributed by atoms with van der Waals surface area (Å²) in [6.07, 6.45) is 1.02. The van der Waals surface area contributed by atoms with Crippen LogP contribution < -0.4 is 10.1 Å². The van der Waals surface area contributed by atoms with E-state index in [1.807, 2.05) is 6.92 Å². The first-order valence-electron chi connectivity index (χ1n) is 6.89. The number of thiophene rings is 1. The second-order valence-corrected chi connectivity index (χ2v) is 6.57. The summed E-state index contributed by atoms with van der Waals surface area (Å²) in [4.78, 5) is 1.12. The van der Waals surface area contributed by atoms with Crippen LogP contribution in [0.1, 0.15) is 35.4 Å². The summed E-state index contributed by atoms with van der Waals surface area (Å²) in [6.45, 7) is 4.98. The minimum Gasteiger partial charge on any atom is -0.494 e. The van der Waals surface area contributed by atoms with E-state index in [4.69, 9.17) is 16.3 Å². The van der Waals surface area contributed by atoms with Crippen molar-refractivity contribution in [2.75, 3.05) is 13.7 Å². The van der Waals surface area contributed by atoms with Crippen molar-refractivity contribution in [3.63, 3.8) is 0 Å². The van der Waals surface area contributed by atoms with Crippen LogP contribution in [0.25, 0.3) is 0 Å². The zero-order chi connectivity index (χ0) is 15.4. The first-order chi connectivity index (χ1) is 10.1. The van der Waals surface area contributed by atoms with E-state index < -0.39 is 0 Å².